The van der Waals surface area contributed by atoms with Gasteiger partial charge in [0.1, 0.15) is 0 Å². The zero-order valence-corrected chi connectivity index (χ0v) is 8.18. The number of allylic oxidation sites excluding steroid dienone is 1. The van der Waals surface area contributed by atoms with Gasteiger partial charge in [0.25, 0.3) is 5.92 Å². The number of halogens is 2. The van der Waals surface area contributed by atoms with Crippen molar-refractivity contribution >= 4 is 0 Å². The van der Waals surface area contributed by atoms with E-state index in [1.807, 2.05) is 0 Å². The molecule has 1 unspecified atom stereocenters. The Morgan fingerprint density at radius 3 is 2.21 bits per heavy atom. The van der Waals surface area contributed by atoms with Gasteiger partial charge in [0.05, 0.1) is 5.60 Å². The molecule has 0 amide bonds. The molecule has 0 saturated heterocycles. The van der Waals surface area contributed by atoms with Crippen LogP contribution in [0.3, 0.4) is 0 Å². The van der Waals surface area contributed by atoms with Crippen molar-refractivity contribution in [3.63, 3.8) is 0 Å². The molecule has 0 spiro atoms. The van der Waals surface area contributed by atoms with Gasteiger partial charge >= 0.3 is 0 Å². The van der Waals surface area contributed by atoms with Gasteiger partial charge in [-0.05, 0) is 31.3 Å². The second-order valence-electron chi connectivity index (χ2n) is 4.57. The van der Waals surface area contributed by atoms with Crippen molar-refractivity contribution in [3.8, 4) is 0 Å². The Balaban J connectivity index is 2.10. The van der Waals surface area contributed by atoms with Gasteiger partial charge in [-0.2, -0.15) is 0 Å². The Morgan fingerprint density at radius 2 is 1.71 bits per heavy atom. The molecule has 0 aromatic carbocycles. The highest BCUT2D eigenvalue weighted by Gasteiger charge is 2.42. The first-order chi connectivity index (χ1) is 6.52. The van der Waals surface area contributed by atoms with Crippen molar-refractivity contribution in [1.82, 2.24) is 0 Å². The van der Waals surface area contributed by atoms with Gasteiger partial charge in [0, 0.05) is 6.42 Å². The monoisotopic (exact) mass is 202 g/mol. The summed E-state index contributed by atoms with van der Waals surface area (Å²) in [5.41, 5.74) is -0.946. The minimum Gasteiger partial charge on any atom is -0.386 e. The SMILES string of the molecule is OC1(C2CCCC2)C=CC(F)(F)CC1. The highest BCUT2D eigenvalue weighted by atomic mass is 19.3. The largest absolute Gasteiger partial charge is 0.386 e. The molecule has 1 N–H and O–H groups in total. The summed E-state index contributed by atoms with van der Waals surface area (Å²) in [6.07, 6.45) is 6.42. The average molecular weight is 202 g/mol. The molecule has 14 heavy (non-hydrogen) atoms. The minimum atomic E-state index is -2.70. The van der Waals surface area contributed by atoms with E-state index in [2.05, 4.69) is 0 Å². The Hall–Kier alpha value is -0.440. The number of aliphatic hydroxyl groups is 1. The third-order valence-corrected chi connectivity index (χ3v) is 3.54. The van der Waals surface area contributed by atoms with Crippen molar-refractivity contribution in [2.75, 3.05) is 0 Å². The van der Waals surface area contributed by atoms with E-state index in [4.69, 9.17) is 0 Å². The predicted octanol–water partition coefficient (Wildman–Crippen LogP) is 2.89. The molecule has 2 aliphatic rings. The number of alkyl halides is 2. The van der Waals surface area contributed by atoms with Crippen LogP contribution in [-0.2, 0) is 0 Å². The van der Waals surface area contributed by atoms with E-state index < -0.39 is 11.5 Å². The molecule has 0 bridgehead atoms. The molecule has 1 fully saturated rings. The zero-order valence-electron chi connectivity index (χ0n) is 8.18. The fourth-order valence-corrected chi connectivity index (χ4v) is 2.57. The van der Waals surface area contributed by atoms with Crippen LogP contribution in [-0.4, -0.2) is 16.6 Å². The maximum absolute atomic E-state index is 12.8. The van der Waals surface area contributed by atoms with Crippen LogP contribution >= 0.6 is 0 Å². The van der Waals surface area contributed by atoms with Gasteiger partial charge in [-0.1, -0.05) is 18.9 Å². The standard InChI is InChI=1S/C11H16F2O/c12-11(13)7-5-10(14,6-8-11)9-3-1-2-4-9/h5,7,9,14H,1-4,6,8H2. The van der Waals surface area contributed by atoms with Crippen LogP contribution in [0.2, 0.25) is 0 Å². The Bertz CT molecular complexity index is 244. The van der Waals surface area contributed by atoms with Gasteiger partial charge in [0.2, 0.25) is 0 Å². The van der Waals surface area contributed by atoms with Crippen LogP contribution in [0.25, 0.3) is 0 Å². The van der Waals surface area contributed by atoms with Crippen molar-refractivity contribution in [3.05, 3.63) is 12.2 Å². The van der Waals surface area contributed by atoms with E-state index in [-0.39, 0.29) is 18.8 Å². The highest BCUT2D eigenvalue weighted by Crippen LogP contribution is 2.42. The van der Waals surface area contributed by atoms with Crippen LogP contribution in [0.1, 0.15) is 38.5 Å². The van der Waals surface area contributed by atoms with Crippen LogP contribution in [0, 0.1) is 5.92 Å². The van der Waals surface area contributed by atoms with Gasteiger partial charge in [-0.25, -0.2) is 8.78 Å². The van der Waals surface area contributed by atoms with Crippen LogP contribution in [0.5, 0.6) is 0 Å². The first-order valence-corrected chi connectivity index (χ1v) is 5.32. The molecule has 1 atom stereocenters. The second-order valence-corrected chi connectivity index (χ2v) is 4.57. The summed E-state index contributed by atoms with van der Waals surface area (Å²) in [5.74, 6) is -2.50. The summed E-state index contributed by atoms with van der Waals surface area (Å²) in [6.45, 7) is 0. The lowest BCUT2D eigenvalue weighted by molar-refractivity contribution is -0.0372. The lowest BCUT2D eigenvalue weighted by Gasteiger charge is -2.35. The van der Waals surface area contributed by atoms with Crippen molar-refractivity contribution in [2.45, 2.75) is 50.0 Å². The molecule has 1 saturated carbocycles. The molecule has 0 radical (unpaired) electrons. The van der Waals surface area contributed by atoms with Crippen molar-refractivity contribution in [2.24, 2.45) is 5.92 Å². The molecule has 2 aliphatic carbocycles. The molecule has 1 nitrogen and oxygen atoms in total. The molecule has 0 heterocycles. The van der Waals surface area contributed by atoms with Crippen molar-refractivity contribution < 1.29 is 13.9 Å². The van der Waals surface area contributed by atoms with Crippen LogP contribution in [0.4, 0.5) is 8.78 Å². The summed E-state index contributed by atoms with van der Waals surface area (Å²) in [6, 6.07) is 0. The third-order valence-electron chi connectivity index (χ3n) is 3.54. The van der Waals surface area contributed by atoms with E-state index in [0.29, 0.717) is 0 Å². The van der Waals surface area contributed by atoms with Crippen molar-refractivity contribution in [1.29, 1.82) is 0 Å². The first kappa shape index (κ1) is 10.1. The molecule has 80 valence electrons. The van der Waals surface area contributed by atoms with E-state index >= 15 is 0 Å². The summed E-state index contributed by atoms with van der Waals surface area (Å²) >= 11 is 0. The summed E-state index contributed by atoms with van der Waals surface area (Å²) in [5, 5.41) is 10.2. The number of hydrogen-bond acceptors (Lipinski definition) is 1. The predicted molar refractivity (Wildman–Crippen MR) is 50.2 cm³/mol. The Labute approximate surface area is 82.8 Å². The number of rotatable bonds is 1. The van der Waals surface area contributed by atoms with E-state index in [1.165, 1.54) is 6.08 Å². The summed E-state index contributed by atoms with van der Waals surface area (Å²) < 4.78 is 25.7. The number of hydrogen-bond donors (Lipinski definition) is 1. The topological polar surface area (TPSA) is 20.2 Å². The summed E-state index contributed by atoms with van der Waals surface area (Å²) in [7, 11) is 0. The Morgan fingerprint density at radius 1 is 1.07 bits per heavy atom. The van der Waals surface area contributed by atoms with Crippen LogP contribution in [0.15, 0.2) is 12.2 Å². The molecule has 0 aliphatic heterocycles. The smallest absolute Gasteiger partial charge is 0.266 e. The molecule has 3 heteroatoms. The Kier molecular flexibility index (Phi) is 2.38. The maximum atomic E-state index is 12.8. The average Bonchev–Trinajstić information content (AvgIpc) is 2.64. The van der Waals surface area contributed by atoms with Crippen LogP contribution < -0.4 is 0 Å². The minimum absolute atomic E-state index is 0.204. The zero-order chi connectivity index (χ0) is 10.2. The lowest BCUT2D eigenvalue weighted by atomic mass is 9.78. The van der Waals surface area contributed by atoms with Gasteiger partial charge in [-0.15, -0.1) is 0 Å². The quantitative estimate of drug-likeness (QED) is 0.648. The second kappa shape index (κ2) is 3.30. The lowest BCUT2D eigenvalue weighted by Crippen LogP contribution is -2.39. The molecular formula is C11H16F2O. The van der Waals surface area contributed by atoms with E-state index in [1.54, 1.807) is 0 Å². The molecule has 0 aromatic rings. The van der Waals surface area contributed by atoms with Gasteiger partial charge in [-0.3, -0.25) is 0 Å². The van der Waals surface area contributed by atoms with E-state index in [0.717, 1.165) is 31.8 Å². The summed E-state index contributed by atoms with van der Waals surface area (Å²) in [4.78, 5) is 0. The fourth-order valence-electron chi connectivity index (χ4n) is 2.57. The molecular weight excluding hydrogens is 186 g/mol. The van der Waals surface area contributed by atoms with E-state index in [9.17, 15) is 13.9 Å². The van der Waals surface area contributed by atoms with Gasteiger partial charge in [0.15, 0.2) is 0 Å². The maximum Gasteiger partial charge on any atom is 0.266 e. The molecule has 2 rings (SSSR count). The third kappa shape index (κ3) is 1.83. The first-order valence-electron chi connectivity index (χ1n) is 5.32. The molecule has 0 aromatic heterocycles. The van der Waals surface area contributed by atoms with Gasteiger partial charge < -0.3 is 5.11 Å². The normalized spacial score (nSPS) is 37.6. The fraction of sp³-hybridized carbons (Fsp3) is 0.818. The highest BCUT2D eigenvalue weighted by molar-refractivity contribution is 5.14.